The van der Waals surface area contributed by atoms with Crippen LogP contribution >= 0.6 is 23.4 Å². The third-order valence-electron chi connectivity index (χ3n) is 8.06. The zero-order valence-electron chi connectivity index (χ0n) is 24.1. The Balaban J connectivity index is 1.37. The molecule has 214 valence electrons. The van der Waals surface area contributed by atoms with Gasteiger partial charge in [-0.05, 0) is 66.8 Å². The molecule has 1 aromatic heterocycles. The Morgan fingerprint density at radius 2 is 1.62 bits per heavy atom. The lowest BCUT2D eigenvalue weighted by Crippen LogP contribution is -2.28. The summed E-state index contributed by atoms with van der Waals surface area (Å²) in [5, 5.41) is 12.3. The molecule has 0 bridgehead atoms. The van der Waals surface area contributed by atoms with Crippen LogP contribution in [-0.4, -0.2) is 20.9 Å². The fourth-order valence-electron chi connectivity index (χ4n) is 5.71. The first-order valence-corrected chi connectivity index (χ1v) is 15.5. The maximum absolute atomic E-state index is 12.2. The smallest absolute Gasteiger partial charge is 0.309 e. The number of hydrogen-bond donors (Lipinski definition) is 1. The third kappa shape index (κ3) is 5.68. The van der Waals surface area contributed by atoms with Crippen molar-refractivity contribution >= 4 is 40.2 Å². The van der Waals surface area contributed by atoms with E-state index in [9.17, 15) is 9.90 Å². The van der Waals surface area contributed by atoms with Crippen molar-refractivity contribution in [1.82, 2.24) is 4.57 Å². The van der Waals surface area contributed by atoms with Crippen LogP contribution in [0.5, 0.6) is 5.75 Å². The molecule has 2 heterocycles. The molecule has 42 heavy (non-hydrogen) atoms. The largest absolute Gasteiger partial charge is 0.489 e. The molecule has 0 spiro atoms. The molecule has 4 nitrogen and oxygen atoms in total. The highest BCUT2D eigenvalue weighted by molar-refractivity contribution is 8.00. The quantitative estimate of drug-likeness (QED) is 0.184. The summed E-state index contributed by atoms with van der Waals surface area (Å²) < 4.78 is 8.80. The topological polar surface area (TPSA) is 51.5 Å². The summed E-state index contributed by atoms with van der Waals surface area (Å²) in [6.45, 7) is 6.97. The SMILES string of the molecule is CC1Cc2c(OCc3ccc(-c4ccccc4)cc3)ccc3c2c(c(CC(C)(C)C(=O)O)n3Cc2ccc(Cl)cc2)S1. The molecule has 0 aliphatic carbocycles. The number of carbonyl (C=O) groups is 1. The minimum atomic E-state index is -0.907. The van der Waals surface area contributed by atoms with Crippen LogP contribution in [0.3, 0.4) is 0 Å². The standard InChI is InChI=1S/C36H34ClNO3S/c1-23-19-29-32(41-22-25-9-13-27(14-10-25)26-7-5-4-6-8-26)18-17-30-33(29)34(42-23)31(20-36(2,3)35(39)40)38(30)21-24-11-15-28(37)16-12-24/h4-18,23H,19-22H2,1-3H3,(H,39,40). The highest BCUT2D eigenvalue weighted by atomic mass is 35.5. The second-order valence-electron chi connectivity index (χ2n) is 11.8. The van der Waals surface area contributed by atoms with E-state index in [1.54, 1.807) is 0 Å². The van der Waals surface area contributed by atoms with Crippen molar-refractivity contribution in [3.8, 4) is 16.9 Å². The highest BCUT2D eigenvalue weighted by Crippen LogP contribution is 2.48. The Hall–Kier alpha value is -3.67. The summed E-state index contributed by atoms with van der Waals surface area (Å²) in [7, 11) is 0. The summed E-state index contributed by atoms with van der Waals surface area (Å²) >= 11 is 8.02. The summed E-state index contributed by atoms with van der Waals surface area (Å²) in [6.07, 6.45) is 1.33. The van der Waals surface area contributed by atoms with Crippen molar-refractivity contribution in [2.24, 2.45) is 5.41 Å². The number of halogens is 1. The maximum Gasteiger partial charge on any atom is 0.309 e. The van der Waals surface area contributed by atoms with Gasteiger partial charge >= 0.3 is 5.97 Å². The molecule has 1 unspecified atom stereocenters. The monoisotopic (exact) mass is 595 g/mol. The molecule has 5 aromatic rings. The van der Waals surface area contributed by atoms with Crippen molar-refractivity contribution in [2.45, 2.75) is 56.9 Å². The van der Waals surface area contributed by atoms with Gasteiger partial charge in [0.2, 0.25) is 0 Å². The van der Waals surface area contributed by atoms with Crippen LogP contribution in [0.25, 0.3) is 22.0 Å². The zero-order chi connectivity index (χ0) is 29.4. The minimum Gasteiger partial charge on any atom is -0.489 e. The average Bonchev–Trinajstić information content (AvgIpc) is 3.26. The Bertz CT molecular complexity index is 1740. The number of ether oxygens (including phenoxy) is 1. The van der Waals surface area contributed by atoms with Gasteiger partial charge in [0.1, 0.15) is 12.4 Å². The molecule has 0 radical (unpaired) electrons. The number of carboxylic acid groups (broad SMARTS) is 1. The zero-order valence-corrected chi connectivity index (χ0v) is 25.6. The number of thioether (sulfide) groups is 1. The van der Waals surface area contributed by atoms with Gasteiger partial charge in [-0.25, -0.2) is 0 Å². The van der Waals surface area contributed by atoms with Gasteiger partial charge in [-0.15, -0.1) is 11.8 Å². The molecule has 4 aromatic carbocycles. The van der Waals surface area contributed by atoms with Crippen LogP contribution in [-0.2, 0) is 30.8 Å². The molecular formula is C36H34ClNO3S. The van der Waals surface area contributed by atoms with Crippen LogP contribution in [0, 0.1) is 5.41 Å². The van der Waals surface area contributed by atoms with Gasteiger partial charge in [0.05, 0.1) is 10.9 Å². The molecule has 0 fully saturated rings. The molecule has 1 N–H and O–H groups in total. The van der Waals surface area contributed by atoms with Gasteiger partial charge in [0.15, 0.2) is 0 Å². The number of aromatic nitrogens is 1. The van der Waals surface area contributed by atoms with E-state index in [0.717, 1.165) is 34.5 Å². The molecule has 1 aliphatic heterocycles. The van der Waals surface area contributed by atoms with E-state index in [4.69, 9.17) is 16.3 Å². The van der Waals surface area contributed by atoms with E-state index >= 15 is 0 Å². The number of nitrogens with zero attached hydrogens (tertiary/aromatic N) is 1. The van der Waals surface area contributed by atoms with E-state index in [0.29, 0.717) is 29.8 Å². The van der Waals surface area contributed by atoms with Gasteiger partial charge in [0, 0.05) is 44.8 Å². The van der Waals surface area contributed by atoms with E-state index in [-0.39, 0.29) is 0 Å². The summed E-state index contributed by atoms with van der Waals surface area (Å²) in [4.78, 5) is 13.4. The average molecular weight is 596 g/mol. The Labute approximate surface area is 256 Å². The Morgan fingerprint density at radius 1 is 0.952 bits per heavy atom. The molecular weight excluding hydrogens is 562 g/mol. The maximum atomic E-state index is 12.2. The first kappa shape index (κ1) is 28.4. The van der Waals surface area contributed by atoms with Gasteiger partial charge in [-0.1, -0.05) is 85.3 Å². The molecule has 6 heteroatoms. The van der Waals surface area contributed by atoms with Crippen LogP contribution in [0.15, 0.2) is 95.9 Å². The second kappa shape index (κ2) is 11.5. The van der Waals surface area contributed by atoms with Crippen LogP contribution in [0.4, 0.5) is 0 Å². The van der Waals surface area contributed by atoms with Gasteiger partial charge in [-0.3, -0.25) is 4.79 Å². The Kier molecular flexibility index (Phi) is 7.82. The number of aliphatic carboxylic acids is 1. The van der Waals surface area contributed by atoms with E-state index in [2.05, 4.69) is 72.2 Å². The fourth-order valence-corrected chi connectivity index (χ4v) is 7.15. The summed E-state index contributed by atoms with van der Waals surface area (Å²) in [5.74, 6) is 0.102. The highest BCUT2D eigenvalue weighted by Gasteiger charge is 2.34. The Morgan fingerprint density at radius 3 is 2.31 bits per heavy atom. The first-order chi connectivity index (χ1) is 20.2. The first-order valence-electron chi connectivity index (χ1n) is 14.3. The number of benzene rings is 4. The van der Waals surface area contributed by atoms with Gasteiger partial charge in [-0.2, -0.15) is 0 Å². The summed E-state index contributed by atoms with van der Waals surface area (Å²) in [5.41, 5.74) is 7.10. The third-order valence-corrected chi connectivity index (χ3v) is 9.56. The van der Waals surface area contributed by atoms with E-state index < -0.39 is 11.4 Å². The lowest BCUT2D eigenvalue weighted by Gasteiger charge is -2.24. The van der Waals surface area contributed by atoms with Crippen LogP contribution in [0.2, 0.25) is 5.02 Å². The lowest BCUT2D eigenvalue weighted by molar-refractivity contribution is -0.146. The molecule has 0 amide bonds. The predicted molar refractivity (Wildman–Crippen MR) is 173 cm³/mol. The minimum absolute atomic E-state index is 0.341. The normalized spacial score (nSPS) is 14.7. The molecule has 1 aliphatic rings. The molecule has 0 saturated carbocycles. The van der Waals surface area contributed by atoms with Crippen LogP contribution < -0.4 is 4.74 Å². The van der Waals surface area contributed by atoms with Gasteiger partial charge in [0.25, 0.3) is 0 Å². The van der Waals surface area contributed by atoms with E-state index in [1.807, 2.05) is 55.9 Å². The molecule has 0 saturated heterocycles. The second-order valence-corrected chi connectivity index (χ2v) is 13.7. The van der Waals surface area contributed by atoms with Crippen molar-refractivity contribution in [3.05, 3.63) is 118 Å². The molecule has 1 atom stereocenters. The number of carboxylic acids is 1. The fraction of sp³-hybridized carbons (Fsp3) is 0.250. The molecule has 6 rings (SSSR count). The number of rotatable bonds is 9. The van der Waals surface area contributed by atoms with Crippen molar-refractivity contribution in [1.29, 1.82) is 0 Å². The number of hydrogen-bond acceptors (Lipinski definition) is 3. The lowest BCUT2D eigenvalue weighted by atomic mass is 9.87. The van der Waals surface area contributed by atoms with E-state index in [1.165, 1.54) is 27.0 Å². The predicted octanol–water partition coefficient (Wildman–Crippen LogP) is 9.28. The van der Waals surface area contributed by atoms with Crippen molar-refractivity contribution in [2.75, 3.05) is 0 Å². The summed E-state index contributed by atoms with van der Waals surface area (Å²) in [6, 6.07) is 31.0. The van der Waals surface area contributed by atoms with Crippen molar-refractivity contribution in [3.63, 3.8) is 0 Å². The van der Waals surface area contributed by atoms with Crippen LogP contribution in [0.1, 0.15) is 43.2 Å². The van der Waals surface area contributed by atoms with Gasteiger partial charge < -0.3 is 14.4 Å². The van der Waals surface area contributed by atoms with Crippen molar-refractivity contribution < 1.29 is 14.6 Å².